The van der Waals surface area contributed by atoms with Crippen LogP contribution in [0.25, 0.3) is 0 Å². The van der Waals surface area contributed by atoms with E-state index in [-0.39, 0.29) is 24.7 Å². The molecule has 0 aliphatic heterocycles. The average Bonchev–Trinajstić information content (AvgIpc) is 2.38. The lowest BCUT2D eigenvalue weighted by Gasteiger charge is -2.15. The molecule has 1 amide bonds. The number of hydrogen-bond acceptors (Lipinski definition) is 2. The second-order valence-corrected chi connectivity index (χ2v) is 4.44. The van der Waals surface area contributed by atoms with Crippen LogP contribution in [0.2, 0.25) is 0 Å². The third kappa shape index (κ3) is 5.99. The molecule has 1 aromatic carbocycles. The lowest BCUT2D eigenvalue weighted by atomic mass is 10.1. The van der Waals surface area contributed by atoms with Crippen molar-refractivity contribution in [3.05, 3.63) is 35.6 Å². The number of rotatable bonds is 7. The smallest absolute Gasteiger partial charge is 0.305 e. The zero-order valence-corrected chi connectivity index (χ0v) is 10.9. The number of aliphatic carboxylic acids is 1. The number of hydrogen-bond donors (Lipinski definition) is 1. The fraction of sp³-hybridized carbons (Fsp3) is 0.429. The summed E-state index contributed by atoms with van der Waals surface area (Å²) in [7, 11) is 1.60. The van der Waals surface area contributed by atoms with E-state index in [1.54, 1.807) is 19.2 Å². The molecule has 0 atom stereocenters. The molecule has 0 saturated carbocycles. The molecule has 0 spiro atoms. The first-order chi connectivity index (χ1) is 8.99. The Labute approximate surface area is 111 Å². The van der Waals surface area contributed by atoms with Gasteiger partial charge in [-0.1, -0.05) is 12.1 Å². The van der Waals surface area contributed by atoms with Crippen molar-refractivity contribution in [3.63, 3.8) is 0 Å². The van der Waals surface area contributed by atoms with E-state index in [0.29, 0.717) is 19.3 Å². The monoisotopic (exact) mass is 267 g/mol. The number of carboxylic acid groups (broad SMARTS) is 1. The molecule has 0 bridgehead atoms. The van der Waals surface area contributed by atoms with Crippen LogP contribution in [0.4, 0.5) is 4.39 Å². The normalized spacial score (nSPS) is 10.2. The van der Waals surface area contributed by atoms with Crippen molar-refractivity contribution >= 4 is 11.9 Å². The molecular weight excluding hydrogens is 249 g/mol. The number of amides is 1. The summed E-state index contributed by atoms with van der Waals surface area (Å²) in [4.78, 5) is 23.5. The topological polar surface area (TPSA) is 57.6 Å². The Bertz CT molecular complexity index is 431. The number of carbonyl (C=O) groups is 2. The van der Waals surface area contributed by atoms with Crippen LogP contribution < -0.4 is 0 Å². The number of carboxylic acids is 1. The molecule has 4 nitrogen and oxygen atoms in total. The van der Waals surface area contributed by atoms with Gasteiger partial charge >= 0.3 is 5.97 Å². The summed E-state index contributed by atoms with van der Waals surface area (Å²) >= 11 is 0. The van der Waals surface area contributed by atoms with Gasteiger partial charge in [0.05, 0.1) is 6.42 Å². The van der Waals surface area contributed by atoms with E-state index in [9.17, 15) is 14.0 Å². The highest BCUT2D eigenvalue weighted by Gasteiger charge is 2.09. The number of nitrogens with zero attached hydrogens (tertiary/aromatic N) is 1. The Balaban J connectivity index is 2.26. The molecule has 104 valence electrons. The van der Waals surface area contributed by atoms with Crippen LogP contribution >= 0.6 is 0 Å². The number of halogens is 1. The first-order valence-electron chi connectivity index (χ1n) is 6.19. The molecule has 19 heavy (non-hydrogen) atoms. The van der Waals surface area contributed by atoms with Crippen LogP contribution in [0.5, 0.6) is 0 Å². The maximum atomic E-state index is 12.7. The molecule has 0 saturated heterocycles. The Morgan fingerprint density at radius 2 is 1.84 bits per heavy atom. The van der Waals surface area contributed by atoms with Crippen LogP contribution in [0.1, 0.15) is 24.8 Å². The molecule has 0 aliphatic carbocycles. The molecule has 1 N–H and O–H groups in total. The van der Waals surface area contributed by atoms with Gasteiger partial charge in [-0.2, -0.15) is 0 Å². The number of aryl methyl sites for hydroxylation is 1. The van der Waals surface area contributed by atoms with E-state index in [0.717, 1.165) is 5.56 Å². The number of benzene rings is 1. The maximum Gasteiger partial charge on any atom is 0.305 e. The van der Waals surface area contributed by atoms with Gasteiger partial charge in [-0.05, 0) is 30.5 Å². The van der Waals surface area contributed by atoms with E-state index >= 15 is 0 Å². The second kappa shape index (κ2) is 7.51. The van der Waals surface area contributed by atoms with Gasteiger partial charge in [0.2, 0.25) is 5.91 Å². The first-order valence-corrected chi connectivity index (χ1v) is 6.19. The van der Waals surface area contributed by atoms with Crippen molar-refractivity contribution in [1.82, 2.24) is 4.90 Å². The van der Waals surface area contributed by atoms with Gasteiger partial charge in [0.1, 0.15) is 5.82 Å². The van der Waals surface area contributed by atoms with Gasteiger partial charge in [-0.3, -0.25) is 9.59 Å². The Morgan fingerprint density at radius 3 is 2.42 bits per heavy atom. The second-order valence-electron chi connectivity index (χ2n) is 4.44. The molecule has 0 aromatic heterocycles. The van der Waals surface area contributed by atoms with Crippen molar-refractivity contribution in [1.29, 1.82) is 0 Å². The Kier molecular flexibility index (Phi) is 5.99. The highest BCUT2D eigenvalue weighted by atomic mass is 19.1. The quantitative estimate of drug-likeness (QED) is 0.823. The molecule has 0 radical (unpaired) electrons. The molecular formula is C14H18FNO3. The average molecular weight is 267 g/mol. The molecule has 1 aromatic rings. The molecule has 0 unspecified atom stereocenters. The van der Waals surface area contributed by atoms with Gasteiger partial charge < -0.3 is 10.0 Å². The molecule has 0 aliphatic rings. The van der Waals surface area contributed by atoms with Gasteiger partial charge in [0.25, 0.3) is 0 Å². The summed E-state index contributed by atoms with van der Waals surface area (Å²) in [6.45, 7) is 0.227. The Morgan fingerprint density at radius 1 is 1.21 bits per heavy atom. The first kappa shape index (κ1) is 15.1. The van der Waals surface area contributed by atoms with Crippen molar-refractivity contribution in [2.24, 2.45) is 0 Å². The van der Waals surface area contributed by atoms with Crippen LogP contribution in [0, 0.1) is 5.82 Å². The standard InChI is InChI=1S/C14H18FNO3/c1-16(10-9-14(18)19)13(17)4-2-3-11-5-7-12(15)8-6-11/h5-8H,2-4,9-10H2,1H3,(H,18,19). The third-order valence-electron chi connectivity index (χ3n) is 2.86. The zero-order chi connectivity index (χ0) is 14.3. The van der Waals surface area contributed by atoms with E-state index in [1.165, 1.54) is 17.0 Å². The Hall–Kier alpha value is -1.91. The van der Waals surface area contributed by atoms with Crippen molar-refractivity contribution in [2.45, 2.75) is 25.7 Å². The summed E-state index contributed by atoms with van der Waals surface area (Å²) < 4.78 is 12.7. The summed E-state index contributed by atoms with van der Waals surface area (Å²) in [5, 5.41) is 8.52. The minimum atomic E-state index is -0.911. The highest BCUT2D eigenvalue weighted by molar-refractivity contribution is 5.76. The third-order valence-corrected chi connectivity index (χ3v) is 2.86. The molecule has 0 fully saturated rings. The predicted octanol–water partition coefficient (Wildman–Crippen LogP) is 2.08. The minimum Gasteiger partial charge on any atom is -0.481 e. The fourth-order valence-corrected chi connectivity index (χ4v) is 1.67. The van der Waals surface area contributed by atoms with Crippen LogP contribution in [-0.4, -0.2) is 35.5 Å². The van der Waals surface area contributed by atoms with Crippen molar-refractivity contribution < 1.29 is 19.1 Å². The van der Waals surface area contributed by atoms with Crippen LogP contribution in [0.3, 0.4) is 0 Å². The van der Waals surface area contributed by atoms with Gasteiger partial charge in [-0.15, -0.1) is 0 Å². The lowest BCUT2D eigenvalue weighted by molar-refractivity contribution is -0.138. The van der Waals surface area contributed by atoms with Crippen LogP contribution in [0.15, 0.2) is 24.3 Å². The highest BCUT2D eigenvalue weighted by Crippen LogP contribution is 2.08. The van der Waals surface area contributed by atoms with Crippen LogP contribution in [-0.2, 0) is 16.0 Å². The summed E-state index contributed by atoms with van der Waals surface area (Å²) in [5.74, 6) is -1.25. The van der Waals surface area contributed by atoms with Crippen molar-refractivity contribution in [2.75, 3.05) is 13.6 Å². The lowest BCUT2D eigenvalue weighted by Crippen LogP contribution is -2.28. The van der Waals surface area contributed by atoms with E-state index < -0.39 is 5.97 Å². The van der Waals surface area contributed by atoms with E-state index in [2.05, 4.69) is 0 Å². The summed E-state index contributed by atoms with van der Waals surface area (Å²) in [5.41, 5.74) is 0.988. The van der Waals surface area contributed by atoms with E-state index in [4.69, 9.17) is 5.11 Å². The van der Waals surface area contributed by atoms with Gasteiger partial charge in [0.15, 0.2) is 0 Å². The number of carbonyl (C=O) groups excluding carboxylic acids is 1. The molecule has 1 rings (SSSR count). The van der Waals surface area contributed by atoms with Gasteiger partial charge in [-0.25, -0.2) is 4.39 Å². The summed E-state index contributed by atoms with van der Waals surface area (Å²) in [6.07, 6.45) is 1.70. The predicted molar refractivity (Wildman–Crippen MR) is 69.2 cm³/mol. The molecule has 5 heteroatoms. The van der Waals surface area contributed by atoms with Crippen molar-refractivity contribution in [3.8, 4) is 0 Å². The zero-order valence-electron chi connectivity index (χ0n) is 10.9. The molecule has 0 heterocycles. The van der Waals surface area contributed by atoms with Gasteiger partial charge in [0, 0.05) is 20.0 Å². The largest absolute Gasteiger partial charge is 0.481 e. The maximum absolute atomic E-state index is 12.7. The SMILES string of the molecule is CN(CCC(=O)O)C(=O)CCCc1ccc(F)cc1. The summed E-state index contributed by atoms with van der Waals surface area (Å²) in [6, 6.07) is 6.20. The fourth-order valence-electron chi connectivity index (χ4n) is 1.67. The minimum absolute atomic E-state index is 0.0415. The van der Waals surface area contributed by atoms with E-state index in [1.807, 2.05) is 0 Å².